The molecule has 1 saturated heterocycles. The number of hydrogen-bond donors (Lipinski definition) is 1. The van der Waals surface area contributed by atoms with E-state index in [4.69, 9.17) is 0 Å². The van der Waals surface area contributed by atoms with Gasteiger partial charge in [0.15, 0.2) is 0 Å². The molecule has 1 aliphatic carbocycles. The summed E-state index contributed by atoms with van der Waals surface area (Å²) in [5.74, 6) is -0.322. The lowest BCUT2D eigenvalue weighted by atomic mass is 10.0. The molecule has 1 aromatic rings. The summed E-state index contributed by atoms with van der Waals surface area (Å²) in [6.45, 7) is 0.187. The van der Waals surface area contributed by atoms with E-state index in [0.717, 1.165) is 47.8 Å². The van der Waals surface area contributed by atoms with Crippen LogP contribution in [0, 0.1) is 0 Å². The van der Waals surface area contributed by atoms with Gasteiger partial charge in [-0.05, 0) is 49.9 Å². The average molecular weight is 376 g/mol. The van der Waals surface area contributed by atoms with Crippen molar-refractivity contribution < 1.29 is 26.4 Å². The standard InChI is InChI=1S/C16H19F3N2O3S/c17-16(18,19)11-4-8-13(9-5-11)25(23,24)21-10-2-1-3-14(21)15(22)20-12-6-7-12/h4-5,8-9,12,14H,1-3,6-7,10H2,(H,20,22)/t14-/m0/s1. The molecule has 0 aromatic heterocycles. The third-order valence-electron chi connectivity index (χ3n) is 4.47. The summed E-state index contributed by atoms with van der Waals surface area (Å²) in [7, 11) is -4.03. The van der Waals surface area contributed by atoms with Crippen LogP contribution in [0.4, 0.5) is 13.2 Å². The van der Waals surface area contributed by atoms with Gasteiger partial charge in [0, 0.05) is 12.6 Å². The highest BCUT2D eigenvalue weighted by Gasteiger charge is 2.39. The van der Waals surface area contributed by atoms with Gasteiger partial charge in [-0.3, -0.25) is 4.79 Å². The van der Waals surface area contributed by atoms with Crippen LogP contribution in [0.15, 0.2) is 29.2 Å². The molecule has 1 aromatic carbocycles. The van der Waals surface area contributed by atoms with E-state index in [2.05, 4.69) is 5.32 Å². The highest BCUT2D eigenvalue weighted by atomic mass is 32.2. The molecule has 1 aliphatic heterocycles. The summed E-state index contributed by atoms with van der Waals surface area (Å²) in [5, 5.41) is 2.81. The number of hydrogen-bond acceptors (Lipinski definition) is 3. The predicted molar refractivity (Wildman–Crippen MR) is 84.1 cm³/mol. The molecule has 0 spiro atoms. The van der Waals surface area contributed by atoms with Gasteiger partial charge in [0.1, 0.15) is 6.04 Å². The molecular weight excluding hydrogens is 357 g/mol. The van der Waals surface area contributed by atoms with Crippen LogP contribution in [0.5, 0.6) is 0 Å². The first-order valence-electron chi connectivity index (χ1n) is 8.19. The van der Waals surface area contributed by atoms with Crippen molar-refractivity contribution in [2.45, 2.75) is 55.3 Å². The van der Waals surface area contributed by atoms with E-state index >= 15 is 0 Å². The Morgan fingerprint density at radius 2 is 1.72 bits per heavy atom. The van der Waals surface area contributed by atoms with Crippen molar-refractivity contribution in [3.8, 4) is 0 Å². The molecule has 25 heavy (non-hydrogen) atoms. The van der Waals surface area contributed by atoms with Gasteiger partial charge in [0.25, 0.3) is 0 Å². The van der Waals surface area contributed by atoms with Crippen LogP contribution in [0.1, 0.15) is 37.7 Å². The third-order valence-corrected chi connectivity index (χ3v) is 6.39. The number of sulfonamides is 1. The maximum atomic E-state index is 12.8. The first kappa shape index (κ1) is 18.2. The van der Waals surface area contributed by atoms with Crippen LogP contribution in [0.2, 0.25) is 0 Å². The molecule has 0 radical (unpaired) electrons. The zero-order valence-electron chi connectivity index (χ0n) is 13.4. The number of benzene rings is 1. The van der Waals surface area contributed by atoms with E-state index in [-0.39, 0.29) is 23.4 Å². The molecule has 0 bridgehead atoms. The van der Waals surface area contributed by atoms with Crippen molar-refractivity contribution in [3.05, 3.63) is 29.8 Å². The number of halogens is 3. The van der Waals surface area contributed by atoms with Crippen LogP contribution in [0.3, 0.4) is 0 Å². The molecule has 5 nitrogen and oxygen atoms in total. The number of piperidine rings is 1. The second-order valence-electron chi connectivity index (χ2n) is 6.43. The van der Waals surface area contributed by atoms with E-state index < -0.39 is 27.8 Å². The lowest BCUT2D eigenvalue weighted by Crippen LogP contribution is -2.52. The Morgan fingerprint density at radius 1 is 1.08 bits per heavy atom. The van der Waals surface area contributed by atoms with Crippen molar-refractivity contribution in [2.75, 3.05) is 6.54 Å². The van der Waals surface area contributed by atoms with Gasteiger partial charge in [0.2, 0.25) is 15.9 Å². The summed E-state index contributed by atoms with van der Waals surface area (Å²) in [4.78, 5) is 12.1. The van der Waals surface area contributed by atoms with Gasteiger partial charge < -0.3 is 5.32 Å². The highest BCUT2D eigenvalue weighted by Crippen LogP contribution is 2.31. The number of nitrogens with one attached hydrogen (secondary N) is 1. The molecule has 1 amide bonds. The molecule has 0 unspecified atom stereocenters. The molecule has 2 fully saturated rings. The molecule has 1 heterocycles. The smallest absolute Gasteiger partial charge is 0.352 e. The quantitative estimate of drug-likeness (QED) is 0.878. The highest BCUT2D eigenvalue weighted by molar-refractivity contribution is 7.89. The topological polar surface area (TPSA) is 66.5 Å². The Labute approximate surface area is 144 Å². The summed E-state index contributed by atoms with van der Waals surface area (Å²) in [5.41, 5.74) is -0.909. The second-order valence-corrected chi connectivity index (χ2v) is 8.32. The van der Waals surface area contributed by atoms with Gasteiger partial charge in [-0.15, -0.1) is 0 Å². The Balaban J connectivity index is 1.84. The molecule has 1 atom stereocenters. The maximum Gasteiger partial charge on any atom is 0.416 e. The summed E-state index contributed by atoms with van der Waals surface area (Å²) in [6.07, 6.45) is -0.971. The summed E-state index contributed by atoms with van der Waals surface area (Å²) < 4.78 is 64.7. The summed E-state index contributed by atoms with van der Waals surface area (Å²) in [6, 6.07) is 2.70. The fourth-order valence-corrected chi connectivity index (χ4v) is 4.59. The van der Waals surface area contributed by atoms with E-state index in [1.165, 1.54) is 0 Å². The average Bonchev–Trinajstić information content (AvgIpc) is 3.38. The maximum absolute atomic E-state index is 12.8. The number of amides is 1. The minimum Gasteiger partial charge on any atom is -0.352 e. The molecule has 2 aliphatic rings. The molecule has 138 valence electrons. The molecule has 3 rings (SSSR count). The lowest BCUT2D eigenvalue weighted by molar-refractivity contribution is -0.137. The normalized spacial score (nSPS) is 22.6. The molecule has 9 heteroatoms. The fraction of sp³-hybridized carbons (Fsp3) is 0.562. The Bertz CT molecular complexity index is 743. The summed E-state index contributed by atoms with van der Waals surface area (Å²) >= 11 is 0. The van der Waals surface area contributed by atoms with Gasteiger partial charge in [-0.2, -0.15) is 17.5 Å². The van der Waals surface area contributed by atoms with Crippen LogP contribution in [0.25, 0.3) is 0 Å². The Hall–Kier alpha value is -1.61. The zero-order valence-corrected chi connectivity index (χ0v) is 14.2. The SMILES string of the molecule is O=C(NC1CC1)[C@@H]1CCCCN1S(=O)(=O)c1ccc(C(F)(F)F)cc1. The van der Waals surface area contributed by atoms with Crippen molar-refractivity contribution in [1.82, 2.24) is 9.62 Å². The van der Waals surface area contributed by atoms with Gasteiger partial charge in [-0.25, -0.2) is 8.42 Å². The lowest BCUT2D eigenvalue weighted by Gasteiger charge is -2.33. The Morgan fingerprint density at radius 3 is 2.28 bits per heavy atom. The van der Waals surface area contributed by atoms with E-state index in [1.54, 1.807) is 0 Å². The number of rotatable bonds is 4. The van der Waals surface area contributed by atoms with Crippen molar-refractivity contribution in [1.29, 1.82) is 0 Å². The van der Waals surface area contributed by atoms with Crippen LogP contribution in [-0.4, -0.2) is 37.3 Å². The minimum atomic E-state index is -4.53. The van der Waals surface area contributed by atoms with Crippen molar-refractivity contribution in [3.63, 3.8) is 0 Å². The first-order valence-corrected chi connectivity index (χ1v) is 9.63. The van der Waals surface area contributed by atoms with Crippen LogP contribution >= 0.6 is 0 Å². The number of carbonyl (C=O) groups is 1. The van der Waals surface area contributed by atoms with Gasteiger partial charge in [0.05, 0.1) is 10.5 Å². The van der Waals surface area contributed by atoms with Crippen molar-refractivity contribution >= 4 is 15.9 Å². The predicted octanol–water partition coefficient (Wildman–Crippen LogP) is 2.53. The number of alkyl halides is 3. The molecule has 1 N–H and O–H groups in total. The molecular formula is C16H19F3N2O3S. The third kappa shape index (κ3) is 3.98. The zero-order chi connectivity index (χ0) is 18.2. The fourth-order valence-electron chi connectivity index (χ4n) is 2.93. The second kappa shape index (κ2) is 6.60. The van der Waals surface area contributed by atoms with Crippen molar-refractivity contribution in [2.24, 2.45) is 0 Å². The number of carbonyl (C=O) groups excluding carboxylic acids is 1. The van der Waals surface area contributed by atoms with E-state index in [0.29, 0.717) is 12.8 Å². The minimum absolute atomic E-state index is 0.116. The largest absolute Gasteiger partial charge is 0.416 e. The number of nitrogens with zero attached hydrogens (tertiary/aromatic N) is 1. The van der Waals surface area contributed by atoms with Crippen LogP contribution < -0.4 is 5.32 Å². The van der Waals surface area contributed by atoms with Crippen LogP contribution in [-0.2, 0) is 21.0 Å². The van der Waals surface area contributed by atoms with E-state index in [1.807, 2.05) is 0 Å². The van der Waals surface area contributed by atoms with Gasteiger partial charge in [-0.1, -0.05) is 6.42 Å². The van der Waals surface area contributed by atoms with Gasteiger partial charge >= 0.3 is 6.18 Å². The first-order chi connectivity index (χ1) is 11.7. The Kier molecular flexibility index (Phi) is 4.80. The molecule has 1 saturated carbocycles. The monoisotopic (exact) mass is 376 g/mol. The van der Waals surface area contributed by atoms with E-state index in [9.17, 15) is 26.4 Å².